The Kier molecular flexibility index (Phi) is 5.78. The molecule has 0 aromatic heterocycles. The van der Waals surface area contributed by atoms with E-state index in [-0.39, 0.29) is 11.9 Å². The Labute approximate surface area is 133 Å². The predicted octanol–water partition coefficient (Wildman–Crippen LogP) is -1.64. The molecule has 0 bridgehead atoms. The van der Waals surface area contributed by atoms with Crippen molar-refractivity contribution < 1.29 is 13.2 Å². The van der Waals surface area contributed by atoms with Gasteiger partial charge in [0.1, 0.15) is 0 Å². The number of nitrogens with zero attached hydrogens (tertiary/aromatic N) is 4. The van der Waals surface area contributed by atoms with Crippen LogP contribution in [0.15, 0.2) is 0 Å². The summed E-state index contributed by atoms with van der Waals surface area (Å²) in [5, 5.41) is 0. The van der Waals surface area contributed by atoms with Crippen LogP contribution < -0.4 is 5.73 Å². The van der Waals surface area contributed by atoms with E-state index in [2.05, 4.69) is 4.90 Å². The third-order valence-corrected chi connectivity index (χ3v) is 6.58. The summed E-state index contributed by atoms with van der Waals surface area (Å²) < 4.78 is 28.4. The molecule has 1 amide bonds. The Morgan fingerprint density at radius 1 is 1.00 bits per heavy atom. The van der Waals surface area contributed by atoms with Crippen LogP contribution in [0.2, 0.25) is 0 Å². The summed E-state index contributed by atoms with van der Waals surface area (Å²) in [6, 6.07) is -0.298. The second kappa shape index (κ2) is 7.22. The molecule has 2 fully saturated rings. The van der Waals surface area contributed by atoms with Gasteiger partial charge in [-0.25, -0.2) is 0 Å². The molecule has 0 spiro atoms. The smallest absolute Gasteiger partial charge is 0.282 e. The van der Waals surface area contributed by atoms with Crippen molar-refractivity contribution >= 4 is 16.1 Å². The van der Waals surface area contributed by atoms with Gasteiger partial charge < -0.3 is 10.6 Å². The maximum absolute atomic E-state index is 12.7. The molecular weight excluding hydrogens is 306 g/mol. The summed E-state index contributed by atoms with van der Waals surface area (Å²) in [5.41, 5.74) is 5.40. The molecule has 1 atom stereocenters. The molecule has 8 nitrogen and oxygen atoms in total. The van der Waals surface area contributed by atoms with Crippen molar-refractivity contribution in [1.29, 1.82) is 0 Å². The SMILES string of the molecule is CC[C@@H](C(N)=O)N1CCN(S(=O)(=O)N2CCN(C)CC2)CC1. The fourth-order valence-electron chi connectivity index (χ4n) is 3.07. The summed E-state index contributed by atoms with van der Waals surface area (Å²) in [5.74, 6) is -0.335. The molecule has 128 valence electrons. The van der Waals surface area contributed by atoms with Crippen LogP contribution in [0.1, 0.15) is 13.3 Å². The van der Waals surface area contributed by atoms with Gasteiger partial charge >= 0.3 is 0 Å². The normalized spacial score (nSPS) is 25.2. The predicted molar refractivity (Wildman–Crippen MR) is 84.4 cm³/mol. The molecule has 0 aliphatic carbocycles. The average molecular weight is 333 g/mol. The number of likely N-dealkylation sites (N-methyl/N-ethyl adjacent to an activating group) is 1. The lowest BCUT2D eigenvalue weighted by Gasteiger charge is -2.40. The van der Waals surface area contributed by atoms with Crippen molar-refractivity contribution in [3.63, 3.8) is 0 Å². The lowest BCUT2D eigenvalue weighted by Crippen LogP contribution is -2.59. The van der Waals surface area contributed by atoms with Crippen LogP contribution in [0.3, 0.4) is 0 Å². The van der Waals surface area contributed by atoms with Crippen LogP contribution in [0.25, 0.3) is 0 Å². The first-order chi connectivity index (χ1) is 10.4. The molecule has 2 rings (SSSR count). The van der Waals surface area contributed by atoms with E-state index in [9.17, 15) is 13.2 Å². The maximum atomic E-state index is 12.7. The molecule has 2 aliphatic heterocycles. The molecule has 22 heavy (non-hydrogen) atoms. The van der Waals surface area contributed by atoms with E-state index >= 15 is 0 Å². The Bertz CT molecular complexity index is 482. The number of amides is 1. The summed E-state index contributed by atoms with van der Waals surface area (Å²) >= 11 is 0. The first-order valence-corrected chi connectivity index (χ1v) is 9.23. The summed E-state index contributed by atoms with van der Waals surface area (Å²) in [4.78, 5) is 15.5. The maximum Gasteiger partial charge on any atom is 0.282 e. The van der Waals surface area contributed by atoms with Crippen molar-refractivity contribution in [3.8, 4) is 0 Å². The first-order valence-electron chi connectivity index (χ1n) is 7.83. The number of rotatable bonds is 5. The highest BCUT2D eigenvalue weighted by molar-refractivity contribution is 7.86. The van der Waals surface area contributed by atoms with E-state index in [1.54, 1.807) is 4.31 Å². The van der Waals surface area contributed by atoms with Gasteiger partial charge in [-0.2, -0.15) is 17.0 Å². The molecule has 0 unspecified atom stereocenters. The number of primary amides is 1. The summed E-state index contributed by atoms with van der Waals surface area (Å²) in [6.45, 7) is 6.45. The molecule has 2 heterocycles. The minimum atomic E-state index is -3.39. The Balaban J connectivity index is 1.94. The van der Waals surface area contributed by atoms with Crippen molar-refractivity contribution in [3.05, 3.63) is 0 Å². The van der Waals surface area contributed by atoms with Gasteiger partial charge in [-0.15, -0.1) is 0 Å². The number of hydrogen-bond acceptors (Lipinski definition) is 5. The molecule has 0 saturated carbocycles. The van der Waals surface area contributed by atoms with E-state index in [0.717, 1.165) is 13.1 Å². The van der Waals surface area contributed by atoms with Crippen LogP contribution in [-0.2, 0) is 15.0 Å². The third-order valence-electron chi connectivity index (χ3n) is 4.54. The standard InChI is InChI=1S/C13H27N5O3S/c1-3-12(13(14)19)16-6-10-18(11-7-16)22(20,21)17-8-4-15(2)5-9-17/h12H,3-11H2,1-2H3,(H2,14,19)/t12-/m0/s1. The molecule has 2 aliphatic rings. The van der Waals surface area contributed by atoms with Gasteiger partial charge in [-0.05, 0) is 13.5 Å². The van der Waals surface area contributed by atoms with Crippen LogP contribution >= 0.6 is 0 Å². The molecule has 0 aromatic carbocycles. The van der Waals surface area contributed by atoms with Crippen LogP contribution in [-0.4, -0.2) is 98.2 Å². The van der Waals surface area contributed by atoms with E-state index in [0.29, 0.717) is 45.7 Å². The molecule has 2 N–H and O–H groups in total. The zero-order chi connectivity index (χ0) is 16.3. The van der Waals surface area contributed by atoms with Gasteiger partial charge in [0, 0.05) is 52.4 Å². The van der Waals surface area contributed by atoms with Gasteiger partial charge in [0.05, 0.1) is 6.04 Å². The first kappa shape index (κ1) is 17.6. The minimum Gasteiger partial charge on any atom is -0.368 e. The van der Waals surface area contributed by atoms with Gasteiger partial charge in [-0.3, -0.25) is 9.69 Å². The highest BCUT2D eigenvalue weighted by Gasteiger charge is 2.35. The van der Waals surface area contributed by atoms with Crippen molar-refractivity contribution in [2.24, 2.45) is 5.73 Å². The highest BCUT2D eigenvalue weighted by atomic mass is 32.2. The quantitative estimate of drug-likeness (QED) is 0.652. The van der Waals surface area contributed by atoms with Crippen molar-refractivity contribution in [2.45, 2.75) is 19.4 Å². The Morgan fingerprint density at radius 2 is 1.45 bits per heavy atom. The lowest BCUT2D eigenvalue weighted by atomic mass is 10.1. The van der Waals surface area contributed by atoms with Gasteiger partial charge in [0.15, 0.2) is 0 Å². The molecule has 9 heteroatoms. The molecule has 0 aromatic rings. The third kappa shape index (κ3) is 3.77. The van der Waals surface area contributed by atoms with Crippen molar-refractivity contribution in [2.75, 3.05) is 59.4 Å². The van der Waals surface area contributed by atoms with Crippen molar-refractivity contribution in [1.82, 2.24) is 18.4 Å². The number of piperazine rings is 2. The molecular formula is C13H27N5O3S. The Hall–Kier alpha value is -0.740. The topological polar surface area (TPSA) is 90.2 Å². The zero-order valence-electron chi connectivity index (χ0n) is 13.4. The van der Waals surface area contributed by atoms with E-state index in [1.807, 2.05) is 18.9 Å². The minimum absolute atomic E-state index is 0.298. The van der Waals surface area contributed by atoms with Crippen LogP contribution in [0, 0.1) is 0 Å². The second-order valence-electron chi connectivity index (χ2n) is 5.97. The van der Waals surface area contributed by atoms with Crippen LogP contribution in [0.4, 0.5) is 0 Å². The molecule has 2 saturated heterocycles. The number of nitrogens with two attached hydrogens (primary N) is 1. The number of carbonyl (C=O) groups is 1. The van der Waals surface area contributed by atoms with Crippen LogP contribution in [0.5, 0.6) is 0 Å². The fraction of sp³-hybridized carbons (Fsp3) is 0.923. The largest absolute Gasteiger partial charge is 0.368 e. The van der Waals surface area contributed by atoms with E-state index < -0.39 is 10.2 Å². The van der Waals surface area contributed by atoms with Gasteiger partial charge in [0.2, 0.25) is 5.91 Å². The van der Waals surface area contributed by atoms with E-state index in [4.69, 9.17) is 5.73 Å². The van der Waals surface area contributed by atoms with E-state index in [1.165, 1.54) is 4.31 Å². The Morgan fingerprint density at radius 3 is 1.86 bits per heavy atom. The lowest BCUT2D eigenvalue weighted by molar-refractivity contribution is -0.123. The van der Waals surface area contributed by atoms with Gasteiger partial charge in [-0.1, -0.05) is 6.92 Å². The second-order valence-corrected chi connectivity index (χ2v) is 7.90. The average Bonchev–Trinajstić information content (AvgIpc) is 2.48. The fourth-order valence-corrected chi connectivity index (χ4v) is 4.64. The summed E-state index contributed by atoms with van der Waals surface area (Å²) in [7, 11) is -1.39. The van der Waals surface area contributed by atoms with Gasteiger partial charge in [0.25, 0.3) is 10.2 Å². The summed E-state index contributed by atoms with van der Waals surface area (Å²) in [6.07, 6.45) is 0.653. The number of hydrogen-bond donors (Lipinski definition) is 1. The zero-order valence-corrected chi connectivity index (χ0v) is 14.3. The number of carbonyl (C=O) groups excluding carboxylic acids is 1. The molecule has 0 radical (unpaired) electrons. The highest BCUT2D eigenvalue weighted by Crippen LogP contribution is 2.16. The monoisotopic (exact) mass is 333 g/mol.